The first-order valence-electron chi connectivity index (χ1n) is 9.63. The number of ether oxygens (including phenoxy) is 1. The van der Waals surface area contributed by atoms with Gasteiger partial charge in [-0.3, -0.25) is 4.79 Å². The number of rotatable bonds is 4. The lowest BCUT2D eigenvalue weighted by molar-refractivity contribution is 0.0805. The van der Waals surface area contributed by atoms with E-state index in [-0.39, 0.29) is 18.2 Å². The molecule has 2 aromatic rings. The van der Waals surface area contributed by atoms with E-state index in [2.05, 4.69) is 48.9 Å². The predicted molar refractivity (Wildman–Crippen MR) is 129 cm³/mol. The van der Waals surface area contributed by atoms with Gasteiger partial charge in [0.2, 0.25) is 0 Å². The number of hydrogen-bond donors (Lipinski definition) is 0. The summed E-state index contributed by atoms with van der Waals surface area (Å²) in [6.45, 7) is 5.22. The van der Waals surface area contributed by atoms with Crippen molar-refractivity contribution in [3.8, 4) is 5.75 Å². The van der Waals surface area contributed by atoms with E-state index in [1.54, 1.807) is 11.8 Å². The van der Waals surface area contributed by atoms with Crippen LogP contribution >= 0.6 is 56.0 Å². The third-order valence-electron chi connectivity index (χ3n) is 5.49. The van der Waals surface area contributed by atoms with Crippen molar-refractivity contribution in [2.45, 2.75) is 35.8 Å². The average Bonchev–Trinajstić information content (AvgIpc) is 2.71. The number of halogens is 3. The molecule has 1 fully saturated rings. The maximum Gasteiger partial charge on any atom is 0.187 e. The molecule has 29 heavy (non-hydrogen) atoms. The zero-order valence-corrected chi connectivity index (χ0v) is 21.1. The predicted octanol–water partition coefficient (Wildman–Crippen LogP) is 6.53. The molecule has 2 aromatic carbocycles. The van der Waals surface area contributed by atoms with Gasteiger partial charge in [-0.15, -0.1) is 24.2 Å². The van der Waals surface area contributed by atoms with E-state index >= 15 is 0 Å². The molecular formula is C22H24Br2ClNO2S. The van der Waals surface area contributed by atoms with Gasteiger partial charge in [-0.1, -0.05) is 40.5 Å². The zero-order valence-electron chi connectivity index (χ0n) is 16.2. The van der Waals surface area contributed by atoms with E-state index in [0.717, 1.165) is 32.5 Å². The van der Waals surface area contributed by atoms with Crippen molar-refractivity contribution in [1.29, 1.82) is 0 Å². The summed E-state index contributed by atoms with van der Waals surface area (Å²) in [5.41, 5.74) is 1.71. The van der Waals surface area contributed by atoms with Crippen molar-refractivity contribution < 1.29 is 9.53 Å². The number of benzene rings is 2. The van der Waals surface area contributed by atoms with Crippen LogP contribution < -0.4 is 4.74 Å². The summed E-state index contributed by atoms with van der Waals surface area (Å²) in [4.78, 5) is 17.4. The fourth-order valence-electron chi connectivity index (χ4n) is 3.92. The molecule has 1 saturated heterocycles. The standard InChI is InChI=1S/C22H23Br2NO2S.ClH/c1-15-18(23)12-17-20(19(15)24)27-14-22(21(17)26,13-25-10-6-3-7-11-25)28-16-8-4-2-5-9-16;/h2,4-5,8-9,12H,3,6-7,10-11,13-14H2,1H3;1H. The van der Waals surface area contributed by atoms with Gasteiger partial charge in [0.25, 0.3) is 0 Å². The lowest BCUT2D eigenvalue weighted by Gasteiger charge is -2.41. The molecule has 0 bridgehead atoms. The van der Waals surface area contributed by atoms with Crippen LogP contribution in [0.15, 0.2) is 50.2 Å². The van der Waals surface area contributed by atoms with Gasteiger partial charge in [0.1, 0.15) is 17.1 Å². The van der Waals surface area contributed by atoms with Crippen molar-refractivity contribution in [1.82, 2.24) is 4.90 Å². The van der Waals surface area contributed by atoms with Gasteiger partial charge in [0.05, 0.1) is 10.0 Å². The number of Topliss-reactive ketones (excluding diaryl/α,β-unsaturated/α-hetero) is 1. The molecule has 0 N–H and O–H groups in total. The maximum absolute atomic E-state index is 13.9. The lowest BCUT2D eigenvalue weighted by Crippen LogP contribution is -2.53. The van der Waals surface area contributed by atoms with Crippen LogP contribution in [0.5, 0.6) is 5.75 Å². The fraction of sp³-hybridized carbons (Fsp3) is 0.409. The number of piperidine rings is 1. The smallest absolute Gasteiger partial charge is 0.187 e. The molecule has 7 heteroatoms. The van der Waals surface area contributed by atoms with E-state index in [0.29, 0.717) is 24.5 Å². The Morgan fingerprint density at radius 2 is 1.83 bits per heavy atom. The highest BCUT2D eigenvalue weighted by molar-refractivity contribution is 9.11. The molecule has 2 aliphatic rings. The first-order valence-corrected chi connectivity index (χ1v) is 12.0. The summed E-state index contributed by atoms with van der Waals surface area (Å²) in [5, 5.41) is 0. The molecule has 0 saturated carbocycles. The van der Waals surface area contributed by atoms with E-state index in [4.69, 9.17) is 4.74 Å². The normalized spacial score (nSPS) is 21.8. The summed E-state index contributed by atoms with van der Waals surface area (Å²) in [5.74, 6) is 0.836. The van der Waals surface area contributed by atoms with Crippen LogP contribution in [0.25, 0.3) is 0 Å². The molecule has 0 spiro atoms. The summed E-state index contributed by atoms with van der Waals surface area (Å²) in [6.07, 6.45) is 3.68. The third kappa shape index (κ3) is 4.72. The monoisotopic (exact) mass is 559 g/mol. The van der Waals surface area contributed by atoms with Crippen LogP contribution in [0.2, 0.25) is 0 Å². The van der Waals surface area contributed by atoms with Crippen LogP contribution in [0.3, 0.4) is 0 Å². The van der Waals surface area contributed by atoms with Gasteiger partial charge in [0, 0.05) is 15.9 Å². The Labute approximate surface area is 199 Å². The Morgan fingerprint density at radius 1 is 1.14 bits per heavy atom. The van der Waals surface area contributed by atoms with Crippen molar-refractivity contribution in [3.63, 3.8) is 0 Å². The Kier molecular flexibility index (Phi) is 7.77. The molecule has 0 aromatic heterocycles. The third-order valence-corrected chi connectivity index (χ3v) is 8.60. The van der Waals surface area contributed by atoms with Crippen molar-refractivity contribution in [3.05, 3.63) is 56.5 Å². The molecule has 1 atom stereocenters. The van der Waals surface area contributed by atoms with Crippen LogP contribution in [0.1, 0.15) is 35.2 Å². The number of carbonyl (C=O) groups is 1. The second-order valence-corrected chi connectivity index (χ2v) is 10.6. The number of hydrogen-bond acceptors (Lipinski definition) is 4. The summed E-state index contributed by atoms with van der Waals surface area (Å²) < 4.78 is 7.40. The number of carbonyl (C=O) groups excluding carboxylic acids is 1. The molecule has 3 nitrogen and oxygen atoms in total. The first kappa shape index (κ1) is 23.1. The largest absolute Gasteiger partial charge is 0.490 e. The van der Waals surface area contributed by atoms with Gasteiger partial charge < -0.3 is 9.64 Å². The van der Waals surface area contributed by atoms with Gasteiger partial charge in [-0.2, -0.15) is 0 Å². The molecule has 4 rings (SSSR count). The first-order chi connectivity index (χ1) is 13.5. The van der Waals surface area contributed by atoms with Crippen molar-refractivity contribution in [2.24, 2.45) is 0 Å². The number of fused-ring (bicyclic) bond motifs is 1. The molecule has 1 unspecified atom stereocenters. The summed E-state index contributed by atoms with van der Waals surface area (Å²) >= 11 is 8.87. The van der Waals surface area contributed by atoms with E-state index in [1.165, 1.54) is 19.3 Å². The molecule has 0 amide bonds. The number of likely N-dealkylation sites (tertiary alicyclic amines) is 1. The van der Waals surface area contributed by atoms with Gasteiger partial charge in [-0.25, -0.2) is 0 Å². The van der Waals surface area contributed by atoms with Crippen LogP contribution in [0.4, 0.5) is 0 Å². The summed E-state index contributed by atoms with van der Waals surface area (Å²) in [7, 11) is 0. The number of nitrogens with zero attached hydrogens (tertiary/aromatic N) is 1. The highest BCUT2D eigenvalue weighted by Gasteiger charge is 2.47. The van der Waals surface area contributed by atoms with Crippen molar-refractivity contribution in [2.75, 3.05) is 26.2 Å². The van der Waals surface area contributed by atoms with Gasteiger partial charge in [-0.05, 0) is 72.5 Å². The minimum atomic E-state index is -0.639. The number of ketones is 1. The quantitative estimate of drug-likeness (QED) is 0.424. The second kappa shape index (κ2) is 9.73. The zero-order chi connectivity index (χ0) is 19.7. The van der Waals surface area contributed by atoms with Gasteiger partial charge in [0.15, 0.2) is 5.78 Å². The van der Waals surface area contributed by atoms with Crippen LogP contribution in [0, 0.1) is 6.92 Å². The number of thioether (sulfide) groups is 1. The highest BCUT2D eigenvalue weighted by Crippen LogP contribution is 2.46. The minimum absolute atomic E-state index is 0. The van der Waals surface area contributed by atoms with E-state index in [1.807, 2.05) is 31.2 Å². The highest BCUT2D eigenvalue weighted by atomic mass is 79.9. The van der Waals surface area contributed by atoms with Crippen LogP contribution in [-0.2, 0) is 0 Å². The van der Waals surface area contributed by atoms with Gasteiger partial charge >= 0.3 is 0 Å². The molecule has 2 heterocycles. The molecule has 2 aliphatic heterocycles. The molecular weight excluding hydrogens is 538 g/mol. The second-order valence-electron chi connectivity index (χ2n) is 7.54. The maximum atomic E-state index is 13.9. The Hall–Kier alpha value is -0.530. The molecule has 0 radical (unpaired) electrons. The average molecular weight is 562 g/mol. The molecule has 156 valence electrons. The Balaban J connectivity index is 0.00000240. The van der Waals surface area contributed by atoms with Crippen LogP contribution in [-0.4, -0.2) is 41.7 Å². The van der Waals surface area contributed by atoms with E-state index in [9.17, 15) is 4.79 Å². The van der Waals surface area contributed by atoms with E-state index < -0.39 is 4.75 Å². The summed E-state index contributed by atoms with van der Waals surface area (Å²) in [6, 6.07) is 12.1. The van der Waals surface area contributed by atoms with Crippen molar-refractivity contribution >= 4 is 61.8 Å². The fourth-order valence-corrected chi connectivity index (χ4v) is 6.47. The Bertz CT molecular complexity index is 890. The minimum Gasteiger partial charge on any atom is -0.490 e. The SMILES string of the molecule is Cc1c(Br)cc2c(c1Br)OCC(CN1CCCCC1)(Sc1ccccc1)C2=O.Cl. The molecule has 0 aliphatic carbocycles. The Morgan fingerprint density at radius 3 is 2.52 bits per heavy atom. The lowest BCUT2D eigenvalue weighted by atomic mass is 9.92. The topological polar surface area (TPSA) is 29.5 Å².